The zero-order chi connectivity index (χ0) is 14.7. The Kier molecular flexibility index (Phi) is 3.97. The molecule has 106 valence electrons. The van der Waals surface area contributed by atoms with E-state index in [0.29, 0.717) is 11.7 Å². The van der Waals surface area contributed by atoms with Crippen LogP contribution in [0.2, 0.25) is 0 Å². The normalized spacial score (nSPS) is 10.8. The molecule has 3 aromatic rings. The average Bonchev–Trinajstić information content (AvgIpc) is 2.54. The number of fused-ring (bicyclic) bond motifs is 1. The molecule has 0 N–H and O–H groups in total. The standard InChI is InChI=1S/C16H15ClN4/c1-21(11-12-5-4-8-18-10-12)16-13-6-2-3-7-14(13)19-15(9-17)20-16/h2-8,10H,9,11H2,1H3. The number of aromatic nitrogens is 3. The van der Waals surface area contributed by atoms with Crippen molar-refractivity contribution >= 4 is 28.3 Å². The second-order valence-corrected chi connectivity index (χ2v) is 5.10. The van der Waals surface area contributed by atoms with Crippen molar-refractivity contribution in [2.45, 2.75) is 12.4 Å². The predicted octanol–water partition coefficient (Wildman–Crippen LogP) is 3.40. The summed E-state index contributed by atoms with van der Waals surface area (Å²) in [6.07, 6.45) is 3.64. The molecule has 0 spiro atoms. The summed E-state index contributed by atoms with van der Waals surface area (Å²) in [5, 5.41) is 1.03. The smallest absolute Gasteiger partial charge is 0.146 e. The summed E-state index contributed by atoms with van der Waals surface area (Å²) in [5.74, 6) is 1.84. The predicted molar refractivity (Wildman–Crippen MR) is 85.4 cm³/mol. The number of para-hydroxylation sites is 1. The topological polar surface area (TPSA) is 41.9 Å². The second kappa shape index (κ2) is 6.06. The molecule has 0 atom stereocenters. The van der Waals surface area contributed by atoms with E-state index in [9.17, 15) is 0 Å². The molecule has 0 bridgehead atoms. The maximum atomic E-state index is 5.91. The number of pyridine rings is 1. The van der Waals surface area contributed by atoms with Gasteiger partial charge in [0.1, 0.15) is 11.6 Å². The lowest BCUT2D eigenvalue weighted by atomic mass is 10.2. The lowest BCUT2D eigenvalue weighted by Gasteiger charge is -2.20. The molecule has 2 heterocycles. The molecule has 2 aromatic heterocycles. The molecule has 0 aliphatic carbocycles. The van der Waals surface area contributed by atoms with Crippen molar-refractivity contribution in [3.05, 3.63) is 60.2 Å². The van der Waals surface area contributed by atoms with Crippen LogP contribution in [0.3, 0.4) is 0 Å². The fourth-order valence-corrected chi connectivity index (χ4v) is 2.42. The molecule has 0 amide bonds. The molecule has 21 heavy (non-hydrogen) atoms. The van der Waals surface area contributed by atoms with Crippen molar-refractivity contribution in [3.8, 4) is 0 Å². The molecule has 5 heteroatoms. The average molecular weight is 299 g/mol. The summed E-state index contributed by atoms with van der Waals surface area (Å²) in [6.45, 7) is 0.733. The van der Waals surface area contributed by atoms with E-state index in [0.717, 1.165) is 28.8 Å². The van der Waals surface area contributed by atoms with Crippen LogP contribution in [0.5, 0.6) is 0 Å². The third-order valence-electron chi connectivity index (χ3n) is 3.25. The van der Waals surface area contributed by atoms with E-state index in [-0.39, 0.29) is 0 Å². The molecule has 0 aliphatic heterocycles. The summed E-state index contributed by atoms with van der Waals surface area (Å²) in [4.78, 5) is 15.3. The fourth-order valence-electron chi connectivity index (χ4n) is 2.30. The largest absolute Gasteiger partial charge is 0.355 e. The van der Waals surface area contributed by atoms with Crippen LogP contribution in [0.1, 0.15) is 11.4 Å². The summed E-state index contributed by atoms with van der Waals surface area (Å²) >= 11 is 5.91. The van der Waals surface area contributed by atoms with Gasteiger partial charge in [0.25, 0.3) is 0 Å². The number of rotatable bonds is 4. The van der Waals surface area contributed by atoms with Gasteiger partial charge in [-0.05, 0) is 23.8 Å². The molecule has 4 nitrogen and oxygen atoms in total. The van der Waals surface area contributed by atoms with Crippen LogP contribution < -0.4 is 4.90 Å². The quantitative estimate of drug-likeness (QED) is 0.692. The van der Waals surface area contributed by atoms with Crippen LogP contribution in [0, 0.1) is 0 Å². The number of nitrogens with zero attached hydrogens (tertiary/aromatic N) is 4. The third kappa shape index (κ3) is 2.95. The van der Waals surface area contributed by atoms with Gasteiger partial charge in [0.2, 0.25) is 0 Å². The van der Waals surface area contributed by atoms with E-state index < -0.39 is 0 Å². The highest BCUT2D eigenvalue weighted by molar-refractivity contribution is 6.16. The van der Waals surface area contributed by atoms with E-state index in [1.807, 2.05) is 43.6 Å². The minimum Gasteiger partial charge on any atom is -0.355 e. The summed E-state index contributed by atoms with van der Waals surface area (Å²) < 4.78 is 0. The molecule has 1 aromatic carbocycles. The van der Waals surface area contributed by atoms with Crippen LogP contribution in [0.25, 0.3) is 10.9 Å². The lowest BCUT2D eigenvalue weighted by Crippen LogP contribution is -2.19. The Bertz CT molecular complexity index is 746. The minimum absolute atomic E-state index is 0.304. The molecule has 0 aliphatic rings. The molecule has 3 rings (SSSR count). The van der Waals surface area contributed by atoms with Gasteiger partial charge in [0.15, 0.2) is 0 Å². The van der Waals surface area contributed by atoms with Crippen molar-refractivity contribution in [3.63, 3.8) is 0 Å². The summed E-state index contributed by atoms with van der Waals surface area (Å²) in [7, 11) is 2.01. The van der Waals surface area contributed by atoms with Crippen molar-refractivity contribution in [1.82, 2.24) is 15.0 Å². The van der Waals surface area contributed by atoms with Gasteiger partial charge >= 0.3 is 0 Å². The summed E-state index contributed by atoms with van der Waals surface area (Å²) in [5.41, 5.74) is 2.05. The Balaban J connectivity index is 2.02. The van der Waals surface area contributed by atoms with Gasteiger partial charge < -0.3 is 4.90 Å². The van der Waals surface area contributed by atoms with E-state index in [1.54, 1.807) is 6.20 Å². The van der Waals surface area contributed by atoms with Crippen LogP contribution in [-0.2, 0) is 12.4 Å². The van der Waals surface area contributed by atoms with Crippen molar-refractivity contribution < 1.29 is 0 Å². The summed E-state index contributed by atoms with van der Waals surface area (Å²) in [6, 6.07) is 12.0. The van der Waals surface area contributed by atoms with E-state index in [1.165, 1.54) is 0 Å². The first-order valence-corrected chi connectivity index (χ1v) is 7.23. The first kappa shape index (κ1) is 13.8. The van der Waals surface area contributed by atoms with Gasteiger partial charge in [-0.25, -0.2) is 9.97 Å². The number of hydrogen-bond donors (Lipinski definition) is 0. The monoisotopic (exact) mass is 298 g/mol. The van der Waals surface area contributed by atoms with E-state index >= 15 is 0 Å². The van der Waals surface area contributed by atoms with Crippen molar-refractivity contribution in [1.29, 1.82) is 0 Å². The van der Waals surface area contributed by atoms with Gasteiger partial charge in [0, 0.05) is 31.4 Å². The first-order valence-electron chi connectivity index (χ1n) is 6.69. The Morgan fingerprint density at radius 3 is 2.71 bits per heavy atom. The highest BCUT2D eigenvalue weighted by Gasteiger charge is 2.11. The third-order valence-corrected chi connectivity index (χ3v) is 3.49. The fraction of sp³-hybridized carbons (Fsp3) is 0.188. The number of hydrogen-bond acceptors (Lipinski definition) is 4. The van der Waals surface area contributed by atoms with Crippen molar-refractivity contribution in [2.24, 2.45) is 0 Å². The minimum atomic E-state index is 0.304. The molecular weight excluding hydrogens is 284 g/mol. The molecule has 0 saturated heterocycles. The van der Waals surface area contributed by atoms with Gasteiger partial charge in [0.05, 0.1) is 11.4 Å². The Hall–Kier alpha value is -2.20. The highest BCUT2D eigenvalue weighted by atomic mass is 35.5. The van der Waals surface area contributed by atoms with Crippen molar-refractivity contribution in [2.75, 3.05) is 11.9 Å². The zero-order valence-corrected chi connectivity index (χ0v) is 12.5. The van der Waals surface area contributed by atoms with E-state index in [2.05, 4.69) is 25.9 Å². The molecule has 0 radical (unpaired) electrons. The SMILES string of the molecule is CN(Cc1cccnc1)c1nc(CCl)nc2ccccc12. The number of halogens is 1. The molecule has 0 fully saturated rings. The van der Waals surface area contributed by atoms with Gasteiger partial charge in [-0.15, -0.1) is 11.6 Å². The maximum Gasteiger partial charge on any atom is 0.146 e. The Labute approximate surface area is 128 Å². The van der Waals surface area contributed by atoms with E-state index in [4.69, 9.17) is 11.6 Å². The second-order valence-electron chi connectivity index (χ2n) is 4.83. The van der Waals surface area contributed by atoms with Crippen LogP contribution in [0.4, 0.5) is 5.82 Å². The van der Waals surface area contributed by atoms with Gasteiger partial charge in [-0.2, -0.15) is 0 Å². The number of benzene rings is 1. The highest BCUT2D eigenvalue weighted by Crippen LogP contribution is 2.24. The van der Waals surface area contributed by atoms with Crippen LogP contribution >= 0.6 is 11.6 Å². The van der Waals surface area contributed by atoms with Crippen LogP contribution in [-0.4, -0.2) is 22.0 Å². The maximum absolute atomic E-state index is 5.91. The number of alkyl halides is 1. The Morgan fingerprint density at radius 1 is 1.10 bits per heavy atom. The van der Waals surface area contributed by atoms with Gasteiger partial charge in [-0.3, -0.25) is 4.98 Å². The zero-order valence-electron chi connectivity index (χ0n) is 11.7. The number of anilines is 1. The van der Waals surface area contributed by atoms with Crippen LogP contribution in [0.15, 0.2) is 48.8 Å². The molecule has 0 unspecified atom stereocenters. The lowest BCUT2D eigenvalue weighted by molar-refractivity contribution is 0.883. The first-order chi connectivity index (χ1) is 10.3. The Morgan fingerprint density at radius 2 is 1.95 bits per heavy atom. The molecule has 0 saturated carbocycles. The molecular formula is C16H15ClN4. The van der Waals surface area contributed by atoms with Gasteiger partial charge in [-0.1, -0.05) is 18.2 Å².